The maximum Gasteiger partial charge on any atom is 0.159 e. The van der Waals surface area contributed by atoms with Crippen molar-refractivity contribution in [2.24, 2.45) is 0 Å². The lowest BCUT2D eigenvalue weighted by atomic mass is 9.70. The van der Waals surface area contributed by atoms with Gasteiger partial charge in [-0.2, -0.15) is 0 Å². The number of fused-ring (bicyclic) bond motifs is 19. The van der Waals surface area contributed by atoms with Crippen LogP contribution in [0.1, 0.15) is 47.6 Å². The van der Waals surface area contributed by atoms with E-state index in [2.05, 4.69) is 447 Å². The first-order valence-electron chi connectivity index (χ1n) is 45.0. The van der Waals surface area contributed by atoms with Crippen molar-refractivity contribution in [1.82, 2.24) is 9.97 Å². The van der Waals surface area contributed by atoms with Crippen LogP contribution in [0.25, 0.3) is 199 Å². The van der Waals surface area contributed by atoms with E-state index in [4.69, 9.17) is 18.8 Å². The summed E-state index contributed by atoms with van der Waals surface area (Å²) >= 11 is 0. The first-order valence-corrected chi connectivity index (χ1v) is 45.0. The van der Waals surface area contributed by atoms with Gasteiger partial charge in [-0.1, -0.05) is 329 Å². The lowest BCUT2D eigenvalue weighted by Crippen LogP contribution is -2.36. The molecular weight excluding hydrogens is 1580 g/mol. The van der Waals surface area contributed by atoms with Crippen LogP contribution in [0.5, 0.6) is 0 Å². The molecule has 0 N–H and O–H groups in total. The van der Waals surface area contributed by atoms with Crippen molar-refractivity contribution >= 4 is 161 Å². The first kappa shape index (κ1) is 73.6. The molecule has 0 unspecified atom stereocenters. The van der Waals surface area contributed by atoms with E-state index < -0.39 is 5.41 Å². The predicted molar refractivity (Wildman–Crippen MR) is 542 cm³/mol. The molecule has 21 aromatic carbocycles. The molecule has 4 heterocycles. The van der Waals surface area contributed by atoms with Crippen LogP contribution in [0.2, 0.25) is 0 Å². The van der Waals surface area contributed by atoms with E-state index in [1.165, 1.54) is 104 Å². The highest BCUT2D eigenvalue weighted by Crippen LogP contribution is 2.64. The van der Waals surface area contributed by atoms with Gasteiger partial charge >= 0.3 is 0 Å². The van der Waals surface area contributed by atoms with Gasteiger partial charge in [0.05, 0.1) is 33.9 Å². The van der Waals surface area contributed by atoms with Crippen LogP contribution in [-0.4, -0.2) is 16.5 Å². The Morgan fingerprint density at radius 3 is 1.57 bits per heavy atom. The molecule has 0 bridgehead atoms. The maximum atomic E-state index is 8.21. The minimum Gasteiger partial charge on any atom is -0.456 e. The zero-order valence-corrected chi connectivity index (χ0v) is 71.3. The van der Waals surface area contributed by atoms with Crippen LogP contribution >= 0.6 is 0 Å². The number of anilines is 7. The van der Waals surface area contributed by atoms with Crippen LogP contribution in [0.4, 0.5) is 39.8 Å². The Bertz CT molecular complexity index is 8960. The Labute approximate surface area is 749 Å². The third-order valence-corrected chi connectivity index (χ3v) is 28.2. The van der Waals surface area contributed by atoms with Crippen LogP contribution < -0.4 is 25.1 Å². The summed E-state index contributed by atoms with van der Waals surface area (Å²) in [5, 5.41) is 19.9. The SMILES string of the molecule is CC(C)c1cccc(N(c2cc3oc4cc(N(c5ccccc5)c5ccc(-c6ccccc6)cc5)cc5c6ccc(-c7ccnc(-c8ccc9c(c8)C8(c%10ccccc%10-c%10ccccc%108)c8ccccc8-9)n7)c7oc8c(N9C=c%10ccc%11cccc(-c%12cccc%13ccc%14ccccc%14c%12%13)c%11c%10=CC9)ccc(c(c2)c3c45)c8c76)c2cccc3cc(-c4ccccc4)ccc23)c1. The molecule has 3 aliphatic rings. The predicted octanol–water partition coefficient (Wildman–Crippen LogP) is 31.4. The van der Waals surface area contributed by atoms with E-state index in [0.29, 0.717) is 18.0 Å². The molecule has 0 atom stereocenters. The maximum absolute atomic E-state index is 8.21. The Balaban J connectivity index is 0.736. The van der Waals surface area contributed by atoms with Gasteiger partial charge in [0.2, 0.25) is 0 Å². The summed E-state index contributed by atoms with van der Waals surface area (Å²) in [6, 6.07) is 150. The lowest BCUT2D eigenvalue weighted by molar-refractivity contribution is 0.669. The first-order chi connectivity index (χ1) is 64.3. The third kappa shape index (κ3) is 11.0. The number of furan rings is 2. The number of hydrogen-bond acceptors (Lipinski definition) is 7. The zero-order valence-electron chi connectivity index (χ0n) is 71.3. The van der Waals surface area contributed by atoms with Gasteiger partial charge in [-0.05, 0) is 244 Å². The second-order valence-corrected chi connectivity index (χ2v) is 35.4. The summed E-state index contributed by atoms with van der Waals surface area (Å²) in [4.78, 5) is 18.3. The summed E-state index contributed by atoms with van der Waals surface area (Å²) in [6.45, 7) is 5.12. The van der Waals surface area contributed by atoms with Gasteiger partial charge in [-0.15, -0.1) is 0 Å². The molecule has 0 radical (unpaired) electrons. The Morgan fingerprint density at radius 2 is 0.846 bits per heavy atom. The molecule has 0 saturated heterocycles. The summed E-state index contributed by atoms with van der Waals surface area (Å²) in [5.41, 5.74) is 30.1. The van der Waals surface area contributed by atoms with Gasteiger partial charge in [0, 0.05) is 86.2 Å². The van der Waals surface area contributed by atoms with E-state index in [-0.39, 0.29) is 5.92 Å². The minimum absolute atomic E-state index is 0.253. The molecule has 2 aliphatic carbocycles. The molecular formula is C123H79N5O2. The smallest absolute Gasteiger partial charge is 0.159 e. The Kier molecular flexibility index (Phi) is 16.2. The van der Waals surface area contributed by atoms with Crippen molar-refractivity contribution in [3.05, 3.63) is 451 Å². The van der Waals surface area contributed by atoms with Gasteiger partial charge in [-0.3, -0.25) is 0 Å². The monoisotopic (exact) mass is 1660 g/mol. The molecule has 0 saturated carbocycles. The van der Waals surface area contributed by atoms with Gasteiger partial charge in [-0.25, -0.2) is 9.97 Å². The number of hydrogen-bond donors (Lipinski definition) is 0. The largest absolute Gasteiger partial charge is 0.456 e. The molecule has 7 heteroatoms. The Hall–Kier alpha value is -16.7. The van der Waals surface area contributed by atoms with Crippen molar-refractivity contribution in [2.45, 2.75) is 25.2 Å². The summed E-state index contributed by atoms with van der Waals surface area (Å²) in [7, 11) is 0. The van der Waals surface area contributed by atoms with Crippen molar-refractivity contribution in [2.75, 3.05) is 21.2 Å². The van der Waals surface area contributed by atoms with Gasteiger partial charge in [0.1, 0.15) is 16.7 Å². The molecule has 1 spiro atoms. The highest BCUT2D eigenvalue weighted by atomic mass is 16.3. The van der Waals surface area contributed by atoms with Gasteiger partial charge in [0.15, 0.2) is 11.4 Å². The minimum atomic E-state index is -0.562. The highest BCUT2D eigenvalue weighted by Gasteiger charge is 2.52. The number of benzene rings is 20. The number of aromatic nitrogens is 2. The molecule has 27 rings (SSSR count). The molecule has 7 nitrogen and oxygen atoms in total. The second-order valence-electron chi connectivity index (χ2n) is 35.4. The standard InChI is InChI=1S/C123H79N5O2/c1-74(2)81-31-20-35-88(67-81)128(110-45-23-32-83-66-82(52-56-91(83)110)76-26-8-4-9-27-76)90-70-104-101-60-61-111(126-65-63-93-85(73-126)49-48-80-30-22-41-99(115(80)93)98-40-21-29-79-47-46-78-28-12-13-36-92(78)114(79)98)121-119(101)118-100(103-69-89(71-112-116(103)117(104)113(72-90)129-112)127(86-33-10-5-11-34-86)87-54-50-77(51-55-87)75-24-6-3-7-25-75)58-59-102(120(118)130-121)109-62-64-124-122(125-109)84-53-57-97-96-39-16-19-44-107(96)123(108(97)68-84)105-42-17-14-37-94(105)95-38-15-18-43-106(95)123/h3-64,66-74H,65H2,1-2H3. The second kappa shape index (κ2) is 28.6. The fourth-order valence-corrected chi connectivity index (χ4v) is 22.4. The van der Waals surface area contributed by atoms with Crippen LogP contribution in [0.3, 0.4) is 0 Å². The van der Waals surface area contributed by atoms with E-state index in [0.717, 1.165) is 149 Å². The van der Waals surface area contributed by atoms with Crippen molar-refractivity contribution in [3.8, 4) is 78.3 Å². The van der Waals surface area contributed by atoms with Crippen molar-refractivity contribution in [1.29, 1.82) is 0 Å². The number of rotatable bonds is 13. The number of nitrogens with zero attached hydrogens (tertiary/aromatic N) is 5. The Morgan fingerprint density at radius 1 is 0.315 bits per heavy atom. The topological polar surface area (TPSA) is 61.8 Å². The molecule has 0 amide bonds. The zero-order chi connectivity index (χ0) is 85.6. The molecule has 0 fully saturated rings. The molecule has 608 valence electrons. The van der Waals surface area contributed by atoms with Crippen LogP contribution in [0, 0.1) is 0 Å². The average Bonchev–Trinajstić information content (AvgIpc) is 1.51. The normalized spacial score (nSPS) is 13.1. The fraction of sp³-hybridized carbons (Fsp3) is 0.0407. The van der Waals surface area contributed by atoms with Crippen molar-refractivity contribution < 1.29 is 8.83 Å². The lowest BCUT2D eigenvalue weighted by Gasteiger charge is -2.30. The van der Waals surface area contributed by atoms with Crippen molar-refractivity contribution in [3.63, 3.8) is 0 Å². The molecule has 3 aromatic heterocycles. The summed E-state index contributed by atoms with van der Waals surface area (Å²) < 4.78 is 16.1. The third-order valence-electron chi connectivity index (χ3n) is 28.2. The quantitative estimate of drug-likeness (QED) is 0.107. The van der Waals surface area contributed by atoms with E-state index in [9.17, 15) is 0 Å². The molecule has 24 aromatic rings. The fourth-order valence-electron chi connectivity index (χ4n) is 22.4. The summed E-state index contributed by atoms with van der Waals surface area (Å²) in [5.74, 6) is 0.868. The van der Waals surface area contributed by atoms with E-state index in [1.807, 2.05) is 6.20 Å². The van der Waals surface area contributed by atoms with Crippen LogP contribution in [-0.2, 0) is 5.41 Å². The average molecular weight is 1660 g/mol. The summed E-state index contributed by atoms with van der Waals surface area (Å²) in [6.07, 6.45) is 6.74. The highest BCUT2D eigenvalue weighted by molar-refractivity contribution is 6.39. The number of para-hydroxylation sites is 1. The molecule has 130 heavy (non-hydrogen) atoms. The van der Waals surface area contributed by atoms with Crippen LogP contribution in [0.15, 0.2) is 421 Å². The van der Waals surface area contributed by atoms with Gasteiger partial charge < -0.3 is 23.5 Å². The van der Waals surface area contributed by atoms with E-state index in [1.54, 1.807) is 0 Å². The molecule has 1 aliphatic heterocycles. The van der Waals surface area contributed by atoms with E-state index >= 15 is 0 Å². The van der Waals surface area contributed by atoms with Gasteiger partial charge in [0.25, 0.3) is 0 Å².